The number of hydrogen-bond acceptors (Lipinski definition) is 3. The molecule has 0 aromatic rings. The van der Waals surface area contributed by atoms with Gasteiger partial charge in [-0.3, -0.25) is 0 Å². The first-order valence-electron chi connectivity index (χ1n) is 5.46. The number of nitrogens with two attached hydrogens (primary N) is 1. The Kier molecular flexibility index (Phi) is 4.49. The van der Waals surface area contributed by atoms with Crippen molar-refractivity contribution in [1.82, 2.24) is 5.43 Å². The van der Waals surface area contributed by atoms with E-state index in [1.807, 2.05) is 0 Å². The van der Waals surface area contributed by atoms with Crippen LogP contribution in [0.25, 0.3) is 0 Å². The quantitative estimate of drug-likeness (QED) is 0.494. The minimum Gasteiger partial charge on any atom is -0.392 e. The number of carbonyl (C=O) groups excluding carboxylic acids is 1. The van der Waals surface area contributed by atoms with Crippen molar-refractivity contribution >= 4 is 12.2 Å². The Hall–Kier alpha value is -1.36. The van der Waals surface area contributed by atoms with Crippen LogP contribution in [0.4, 0.5) is 4.79 Å². The van der Waals surface area contributed by atoms with E-state index in [0.717, 1.165) is 24.8 Å². The summed E-state index contributed by atoms with van der Waals surface area (Å²) in [5.74, 6) is 0.592. The second-order valence-electron chi connectivity index (χ2n) is 4.40. The normalized spacial score (nSPS) is 30.2. The number of nitrogens with one attached hydrogen (secondary N) is 1. The average Bonchev–Trinajstić information content (AvgIpc) is 2.16. The molecular weight excluding hydrogens is 206 g/mol. The van der Waals surface area contributed by atoms with Gasteiger partial charge in [-0.15, -0.1) is 0 Å². The molecule has 16 heavy (non-hydrogen) atoms. The highest BCUT2D eigenvalue weighted by molar-refractivity contribution is 5.80. The molecule has 0 aromatic carbocycles. The van der Waals surface area contributed by atoms with Crippen LogP contribution >= 0.6 is 0 Å². The molecule has 1 fully saturated rings. The molecule has 0 saturated heterocycles. The number of nitrogens with zero attached hydrogens (tertiary/aromatic N) is 1. The predicted octanol–water partition coefficient (Wildman–Crippen LogP) is 0.994. The van der Waals surface area contributed by atoms with Gasteiger partial charge in [-0.1, -0.05) is 13.5 Å². The molecule has 2 amide bonds. The summed E-state index contributed by atoms with van der Waals surface area (Å²) in [5.41, 5.74) is 7.69. The summed E-state index contributed by atoms with van der Waals surface area (Å²) < 4.78 is 0. The molecule has 0 radical (unpaired) electrons. The third-order valence-electron chi connectivity index (χ3n) is 2.96. The highest BCUT2D eigenvalue weighted by atomic mass is 16.3. The zero-order valence-electron chi connectivity index (χ0n) is 9.52. The molecule has 5 heteroatoms. The number of hydrogen-bond donors (Lipinski definition) is 3. The van der Waals surface area contributed by atoms with Crippen LogP contribution in [0.1, 0.15) is 26.2 Å². The Morgan fingerprint density at radius 1 is 1.62 bits per heavy atom. The Morgan fingerprint density at radius 2 is 2.31 bits per heavy atom. The van der Waals surface area contributed by atoms with Gasteiger partial charge in [-0.25, -0.2) is 10.2 Å². The minimum atomic E-state index is -0.707. The molecule has 0 spiro atoms. The number of rotatable bonds is 3. The van der Waals surface area contributed by atoms with Crippen molar-refractivity contribution < 1.29 is 9.90 Å². The van der Waals surface area contributed by atoms with Crippen molar-refractivity contribution in [3.05, 3.63) is 12.2 Å². The number of primary amides is 1. The van der Waals surface area contributed by atoms with Crippen LogP contribution in [0.3, 0.4) is 0 Å². The Balaban J connectivity index is 2.47. The molecule has 0 bridgehead atoms. The van der Waals surface area contributed by atoms with E-state index in [2.05, 4.69) is 24.0 Å². The van der Waals surface area contributed by atoms with E-state index in [4.69, 9.17) is 5.73 Å². The number of urea groups is 1. The maximum Gasteiger partial charge on any atom is 0.332 e. The summed E-state index contributed by atoms with van der Waals surface area (Å²) in [6, 6.07) is -0.707. The SMILES string of the molecule is C=C(C=NNC(N)=O)C1CCC(C)CC1O. The van der Waals surface area contributed by atoms with Crippen molar-refractivity contribution in [2.75, 3.05) is 0 Å². The first-order valence-corrected chi connectivity index (χ1v) is 5.46. The van der Waals surface area contributed by atoms with E-state index < -0.39 is 6.03 Å². The number of aliphatic hydroxyl groups is 1. The highest BCUT2D eigenvalue weighted by Crippen LogP contribution is 2.32. The Bertz CT molecular complexity index is 302. The first kappa shape index (κ1) is 12.7. The van der Waals surface area contributed by atoms with Gasteiger partial charge in [0.1, 0.15) is 0 Å². The zero-order chi connectivity index (χ0) is 12.1. The van der Waals surface area contributed by atoms with Gasteiger partial charge < -0.3 is 10.8 Å². The summed E-state index contributed by atoms with van der Waals surface area (Å²) in [6.45, 7) is 5.98. The summed E-state index contributed by atoms with van der Waals surface area (Å²) >= 11 is 0. The minimum absolute atomic E-state index is 0.0367. The molecule has 3 unspecified atom stereocenters. The molecule has 4 N–H and O–H groups in total. The summed E-state index contributed by atoms with van der Waals surface area (Å²) in [4.78, 5) is 10.4. The third-order valence-corrected chi connectivity index (χ3v) is 2.96. The number of carbonyl (C=O) groups is 1. The van der Waals surface area contributed by atoms with Crippen LogP contribution < -0.4 is 11.2 Å². The topological polar surface area (TPSA) is 87.7 Å². The lowest BCUT2D eigenvalue weighted by Gasteiger charge is -2.31. The van der Waals surface area contributed by atoms with Gasteiger partial charge >= 0.3 is 6.03 Å². The molecule has 5 nitrogen and oxygen atoms in total. The molecule has 1 saturated carbocycles. The lowest BCUT2D eigenvalue weighted by atomic mass is 9.78. The van der Waals surface area contributed by atoms with E-state index in [1.165, 1.54) is 6.21 Å². The largest absolute Gasteiger partial charge is 0.392 e. The standard InChI is InChI=1S/C11H19N3O2/c1-7-3-4-9(10(15)5-7)8(2)6-13-14-11(12)16/h6-7,9-10,15H,2-5H2,1H3,(H3,12,14,16). The number of hydrazone groups is 1. The maximum atomic E-state index is 10.4. The van der Waals surface area contributed by atoms with Crippen LogP contribution in [-0.4, -0.2) is 23.5 Å². The molecular formula is C11H19N3O2. The third kappa shape index (κ3) is 3.66. The van der Waals surface area contributed by atoms with Gasteiger partial charge in [0.2, 0.25) is 0 Å². The predicted molar refractivity (Wildman–Crippen MR) is 62.9 cm³/mol. The Morgan fingerprint density at radius 3 is 2.88 bits per heavy atom. The van der Waals surface area contributed by atoms with E-state index in [9.17, 15) is 9.90 Å². The van der Waals surface area contributed by atoms with Crippen molar-refractivity contribution in [3.8, 4) is 0 Å². The van der Waals surface area contributed by atoms with Crippen molar-refractivity contribution in [2.45, 2.75) is 32.3 Å². The molecule has 90 valence electrons. The fourth-order valence-corrected chi connectivity index (χ4v) is 2.06. The van der Waals surface area contributed by atoms with E-state index >= 15 is 0 Å². The molecule has 1 aliphatic carbocycles. The van der Waals surface area contributed by atoms with Crippen molar-refractivity contribution in [3.63, 3.8) is 0 Å². The fourth-order valence-electron chi connectivity index (χ4n) is 2.06. The van der Waals surface area contributed by atoms with Crippen LogP contribution in [-0.2, 0) is 0 Å². The molecule has 0 heterocycles. The summed E-state index contributed by atoms with van der Waals surface area (Å²) in [5, 5.41) is 13.5. The second kappa shape index (κ2) is 5.65. The van der Waals surface area contributed by atoms with Crippen molar-refractivity contribution in [1.29, 1.82) is 0 Å². The fraction of sp³-hybridized carbons (Fsp3) is 0.636. The second-order valence-corrected chi connectivity index (χ2v) is 4.40. The van der Waals surface area contributed by atoms with E-state index in [-0.39, 0.29) is 12.0 Å². The smallest absolute Gasteiger partial charge is 0.332 e. The molecule has 3 atom stereocenters. The lowest BCUT2D eigenvalue weighted by molar-refractivity contribution is 0.0682. The molecule has 1 aliphatic rings. The van der Waals surface area contributed by atoms with Gasteiger partial charge in [0.05, 0.1) is 12.3 Å². The number of amides is 2. The van der Waals surface area contributed by atoms with Crippen LogP contribution in [0.2, 0.25) is 0 Å². The summed E-state index contributed by atoms with van der Waals surface area (Å²) in [6.07, 6.45) is 3.87. The molecule has 0 aliphatic heterocycles. The van der Waals surface area contributed by atoms with Crippen LogP contribution in [0.15, 0.2) is 17.3 Å². The van der Waals surface area contributed by atoms with Crippen molar-refractivity contribution in [2.24, 2.45) is 22.7 Å². The summed E-state index contributed by atoms with van der Waals surface area (Å²) in [7, 11) is 0. The van der Waals surface area contributed by atoms with Gasteiger partial charge in [-0.05, 0) is 30.8 Å². The number of aliphatic hydroxyl groups excluding tert-OH is 1. The van der Waals surface area contributed by atoms with Gasteiger partial charge in [0.15, 0.2) is 0 Å². The maximum absolute atomic E-state index is 10.4. The Labute approximate surface area is 95.4 Å². The monoisotopic (exact) mass is 225 g/mol. The van der Waals surface area contributed by atoms with Gasteiger partial charge in [0.25, 0.3) is 0 Å². The highest BCUT2D eigenvalue weighted by Gasteiger charge is 2.28. The average molecular weight is 225 g/mol. The van der Waals surface area contributed by atoms with Crippen LogP contribution in [0, 0.1) is 11.8 Å². The van der Waals surface area contributed by atoms with Gasteiger partial charge in [-0.2, -0.15) is 5.10 Å². The first-order chi connectivity index (χ1) is 7.50. The molecule has 1 rings (SSSR count). The molecule has 0 aromatic heterocycles. The lowest BCUT2D eigenvalue weighted by Crippen LogP contribution is -2.30. The van der Waals surface area contributed by atoms with E-state index in [1.54, 1.807) is 0 Å². The van der Waals surface area contributed by atoms with E-state index in [0.29, 0.717) is 5.92 Å². The van der Waals surface area contributed by atoms with Crippen LogP contribution in [0.5, 0.6) is 0 Å². The van der Waals surface area contributed by atoms with Gasteiger partial charge in [0, 0.05) is 5.92 Å². The zero-order valence-corrected chi connectivity index (χ0v) is 9.52.